The van der Waals surface area contributed by atoms with Gasteiger partial charge in [-0.2, -0.15) is 5.10 Å². The van der Waals surface area contributed by atoms with Gasteiger partial charge in [-0.1, -0.05) is 54.6 Å². The van der Waals surface area contributed by atoms with Gasteiger partial charge < -0.3 is 4.74 Å². The van der Waals surface area contributed by atoms with Crippen LogP contribution in [0, 0.1) is 0 Å². The molecule has 0 saturated carbocycles. The van der Waals surface area contributed by atoms with E-state index in [1.54, 1.807) is 30.8 Å². The Kier molecular flexibility index (Phi) is 6.59. The number of hydrogen-bond donors (Lipinski definition) is 0. The van der Waals surface area contributed by atoms with Gasteiger partial charge in [0.2, 0.25) is 4.80 Å². The Morgan fingerprint density at radius 1 is 0.971 bits per heavy atom. The Hall–Kier alpha value is -4.03. The number of benzene rings is 3. The van der Waals surface area contributed by atoms with Crippen LogP contribution in [0.15, 0.2) is 107 Å². The molecule has 0 aliphatic carbocycles. The van der Waals surface area contributed by atoms with Crippen molar-refractivity contribution in [1.82, 2.24) is 9.66 Å². The van der Waals surface area contributed by atoms with E-state index in [9.17, 15) is 0 Å². The molecule has 5 rings (SSSR count). The Morgan fingerprint density at radius 2 is 1.82 bits per heavy atom. The van der Waals surface area contributed by atoms with E-state index in [-0.39, 0.29) is 0 Å². The molecular formula is C28H24N4OS. The highest BCUT2D eigenvalue weighted by molar-refractivity contribution is 7.07. The topological polar surface area (TPSA) is 51.8 Å². The van der Waals surface area contributed by atoms with E-state index >= 15 is 0 Å². The standard InChI is InChI=1S/C28H24N4OS/c1-33-26-12-11-23-16-25(10-9-24(23)17-26)27-20-34-28(30-15-13-21-6-3-2-4-7-21)32(27)31-19-22-8-5-14-29-18-22/h2-12,14,16-20H,13,15H2,1H3. The minimum atomic E-state index is 0.698. The molecule has 0 N–H and O–H groups in total. The van der Waals surface area contributed by atoms with Crippen molar-refractivity contribution < 1.29 is 4.74 Å². The first-order valence-corrected chi connectivity index (χ1v) is 12.0. The first-order chi connectivity index (χ1) is 16.8. The Bertz CT molecular complexity index is 1490. The molecule has 2 heterocycles. The Labute approximate surface area is 202 Å². The molecular weight excluding hydrogens is 440 g/mol. The minimum Gasteiger partial charge on any atom is -0.497 e. The van der Waals surface area contributed by atoms with Crippen molar-refractivity contribution in [1.29, 1.82) is 0 Å². The zero-order valence-corrected chi connectivity index (χ0v) is 19.7. The number of rotatable bonds is 7. The van der Waals surface area contributed by atoms with Crippen molar-refractivity contribution in [3.63, 3.8) is 0 Å². The lowest BCUT2D eigenvalue weighted by Gasteiger charge is -2.07. The molecule has 0 amide bonds. The first kappa shape index (κ1) is 21.8. The summed E-state index contributed by atoms with van der Waals surface area (Å²) in [5.41, 5.74) is 4.30. The van der Waals surface area contributed by atoms with Gasteiger partial charge in [-0.25, -0.2) is 4.68 Å². The van der Waals surface area contributed by atoms with Gasteiger partial charge in [0.15, 0.2) is 0 Å². The maximum atomic E-state index is 5.36. The van der Waals surface area contributed by atoms with Gasteiger partial charge in [0, 0.05) is 35.4 Å². The van der Waals surface area contributed by atoms with Crippen LogP contribution in [-0.4, -0.2) is 29.5 Å². The summed E-state index contributed by atoms with van der Waals surface area (Å²) in [7, 11) is 1.69. The van der Waals surface area contributed by atoms with E-state index in [0.717, 1.165) is 44.6 Å². The number of hydrogen-bond acceptors (Lipinski definition) is 5. The molecule has 34 heavy (non-hydrogen) atoms. The average Bonchev–Trinajstić information content (AvgIpc) is 3.30. The van der Waals surface area contributed by atoms with Crippen molar-refractivity contribution in [3.05, 3.63) is 113 Å². The molecule has 0 spiro atoms. The molecule has 2 aromatic heterocycles. The van der Waals surface area contributed by atoms with Gasteiger partial charge in [0.05, 0.1) is 19.0 Å². The van der Waals surface area contributed by atoms with Crippen LogP contribution in [0.2, 0.25) is 0 Å². The molecule has 5 aromatic rings. The first-order valence-electron chi connectivity index (χ1n) is 11.1. The molecule has 0 aliphatic heterocycles. The number of nitrogens with zero attached hydrogens (tertiary/aromatic N) is 4. The number of aromatic nitrogens is 2. The molecule has 168 valence electrons. The summed E-state index contributed by atoms with van der Waals surface area (Å²) in [4.78, 5) is 9.93. The maximum Gasteiger partial charge on any atom is 0.206 e. The summed E-state index contributed by atoms with van der Waals surface area (Å²) in [5.74, 6) is 0.853. The lowest BCUT2D eigenvalue weighted by molar-refractivity contribution is 0.415. The zero-order chi connectivity index (χ0) is 23.2. The second kappa shape index (κ2) is 10.3. The summed E-state index contributed by atoms with van der Waals surface area (Å²) in [6.45, 7) is 0.698. The average molecular weight is 465 g/mol. The van der Waals surface area contributed by atoms with Crippen molar-refractivity contribution >= 4 is 28.3 Å². The number of fused-ring (bicyclic) bond motifs is 1. The predicted molar refractivity (Wildman–Crippen MR) is 140 cm³/mol. The summed E-state index contributed by atoms with van der Waals surface area (Å²) in [6, 6.07) is 26.8. The molecule has 0 fully saturated rings. The van der Waals surface area contributed by atoms with E-state index in [4.69, 9.17) is 14.8 Å². The molecule has 0 saturated heterocycles. The van der Waals surface area contributed by atoms with Crippen LogP contribution in [0.1, 0.15) is 11.1 Å². The third-order valence-electron chi connectivity index (χ3n) is 5.53. The van der Waals surface area contributed by atoms with Crippen LogP contribution < -0.4 is 9.54 Å². The molecule has 0 radical (unpaired) electrons. The van der Waals surface area contributed by atoms with Crippen LogP contribution >= 0.6 is 11.3 Å². The molecule has 5 nitrogen and oxygen atoms in total. The molecule has 0 atom stereocenters. The van der Waals surface area contributed by atoms with Gasteiger partial charge >= 0.3 is 0 Å². The number of pyridine rings is 1. The summed E-state index contributed by atoms with van der Waals surface area (Å²) in [5, 5.41) is 9.20. The van der Waals surface area contributed by atoms with Crippen LogP contribution in [-0.2, 0) is 6.42 Å². The van der Waals surface area contributed by atoms with Crippen molar-refractivity contribution in [3.8, 4) is 17.0 Å². The van der Waals surface area contributed by atoms with Crippen molar-refractivity contribution in [2.75, 3.05) is 13.7 Å². The SMILES string of the molecule is COc1ccc2cc(-c3csc(=NCCc4ccccc4)n3N=Cc3cccnc3)ccc2c1. The van der Waals surface area contributed by atoms with E-state index in [0.29, 0.717) is 6.54 Å². The third kappa shape index (κ3) is 4.97. The largest absolute Gasteiger partial charge is 0.497 e. The molecule has 6 heteroatoms. The van der Waals surface area contributed by atoms with Crippen LogP contribution in [0.5, 0.6) is 5.75 Å². The van der Waals surface area contributed by atoms with Crippen molar-refractivity contribution in [2.45, 2.75) is 6.42 Å². The second-order valence-electron chi connectivity index (χ2n) is 7.79. The highest BCUT2D eigenvalue weighted by Gasteiger charge is 2.09. The van der Waals surface area contributed by atoms with Gasteiger partial charge in [0.25, 0.3) is 0 Å². The molecule has 0 aliphatic rings. The highest BCUT2D eigenvalue weighted by Crippen LogP contribution is 2.27. The summed E-state index contributed by atoms with van der Waals surface area (Å²) >= 11 is 1.60. The Morgan fingerprint density at radius 3 is 2.65 bits per heavy atom. The number of ether oxygens (including phenoxy) is 1. The van der Waals surface area contributed by atoms with E-state index in [1.807, 2.05) is 41.2 Å². The minimum absolute atomic E-state index is 0.698. The van der Waals surface area contributed by atoms with Crippen LogP contribution in [0.3, 0.4) is 0 Å². The quantitative estimate of drug-likeness (QED) is 0.286. The molecule has 3 aromatic carbocycles. The van der Waals surface area contributed by atoms with Gasteiger partial charge in [-0.15, -0.1) is 11.3 Å². The molecule has 0 unspecified atom stereocenters. The lowest BCUT2D eigenvalue weighted by Crippen LogP contribution is -2.13. The second-order valence-corrected chi connectivity index (χ2v) is 8.63. The van der Waals surface area contributed by atoms with Gasteiger partial charge in [-0.3, -0.25) is 9.98 Å². The number of thiazole rings is 1. The van der Waals surface area contributed by atoms with Gasteiger partial charge in [-0.05, 0) is 47.0 Å². The van der Waals surface area contributed by atoms with Gasteiger partial charge in [0.1, 0.15) is 5.75 Å². The number of methoxy groups -OCH3 is 1. The van der Waals surface area contributed by atoms with Crippen molar-refractivity contribution in [2.24, 2.45) is 10.1 Å². The highest BCUT2D eigenvalue weighted by atomic mass is 32.1. The molecule has 0 bridgehead atoms. The summed E-state index contributed by atoms with van der Waals surface area (Å²) in [6.07, 6.45) is 6.27. The van der Waals surface area contributed by atoms with E-state index in [2.05, 4.69) is 58.9 Å². The monoisotopic (exact) mass is 464 g/mol. The third-order valence-corrected chi connectivity index (χ3v) is 6.38. The Balaban J connectivity index is 1.53. The van der Waals surface area contributed by atoms with Crippen LogP contribution in [0.4, 0.5) is 0 Å². The fourth-order valence-electron chi connectivity index (χ4n) is 3.73. The smallest absolute Gasteiger partial charge is 0.206 e. The maximum absolute atomic E-state index is 5.36. The lowest BCUT2D eigenvalue weighted by atomic mass is 10.1. The normalized spacial score (nSPS) is 12.0. The predicted octanol–water partition coefficient (Wildman–Crippen LogP) is 5.80. The fourth-order valence-corrected chi connectivity index (χ4v) is 4.59. The van der Waals surface area contributed by atoms with Crippen LogP contribution in [0.25, 0.3) is 22.0 Å². The zero-order valence-electron chi connectivity index (χ0n) is 18.8. The van der Waals surface area contributed by atoms with E-state index < -0.39 is 0 Å². The summed E-state index contributed by atoms with van der Waals surface area (Å²) < 4.78 is 7.29. The van der Waals surface area contributed by atoms with E-state index in [1.165, 1.54) is 5.56 Å². The fraction of sp³-hybridized carbons (Fsp3) is 0.107.